The highest BCUT2D eigenvalue weighted by molar-refractivity contribution is 5.77. The van der Waals surface area contributed by atoms with Crippen LogP contribution in [0.25, 0.3) is 0 Å². The summed E-state index contributed by atoms with van der Waals surface area (Å²) in [5, 5.41) is 4.11. The van der Waals surface area contributed by atoms with E-state index in [1.54, 1.807) is 0 Å². The van der Waals surface area contributed by atoms with Crippen molar-refractivity contribution in [1.82, 2.24) is 10.1 Å². The number of hydrogen-bond acceptors (Lipinski definition) is 3. The van der Waals surface area contributed by atoms with Crippen LogP contribution in [0.1, 0.15) is 54.8 Å². The second kappa shape index (κ2) is 6.99. The van der Waals surface area contributed by atoms with Crippen LogP contribution in [0.4, 0.5) is 0 Å². The van der Waals surface area contributed by atoms with Crippen molar-refractivity contribution in [2.24, 2.45) is 0 Å². The molecule has 0 aliphatic carbocycles. The van der Waals surface area contributed by atoms with Crippen LogP contribution in [0.2, 0.25) is 0 Å². The first-order valence-corrected chi connectivity index (χ1v) is 8.49. The van der Waals surface area contributed by atoms with E-state index in [2.05, 4.69) is 24.2 Å². The first-order chi connectivity index (χ1) is 11.2. The summed E-state index contributed by atoms with van der Waals surface area (Å²) in [6, 6.07) is 10.3. The minimum atomic E-state index is 0.138. The van der Waals surface area contributed by atoms with Crippen LogP contribution in [-0.2, 0) is 17.6 Å². The highest BCUT2D eigenvalue weighted by Gasteiger charge is 2.33. The molecule has 2 heterocycles. The van der Waals surface area contributed by atoms with E-state index >= 15 is 0 Å². The summed E-state index contributed by atoms with van der Waals surface area (Å²) in [6.45, 7) is 4.88. The van der Waals surface area contributed by atoms with Gasteiger partial charge in [-0.25, -0.2) is 0 Å². The van der Waals surface area contributed by atoms with Gasteiger partial charge in [0, 0.05) is 24.9 Å². The topological polar surface area (TPSA) is 46.3 Å². The van der Waals surface area contributed by atoms with Gasteiger partial charge in [0.15, 0.2) is 0 Å². The van der Waals surface area contributed by atoms with Crippen molar-refractivity contribution in [1.29, 1.82) is 0 Å². The standard InChI is InChI=1S/C19H24N2O2/c1-3-17-19(14(2)20-23-17)16-10-7-13-21(16)18(22)12-11-15-8-5-4-6-9-15/h4-6,8-9,16H,3,7,10-13H2,1-2H3/t16-/m1/s1. The second-order valence-electron chi connectivity index (χ2n) is 6.19. The summed E-state index contributed by atoms with van der Waals surface area (Å²) in [4.78, 5) is 14.7. The Hall–Kier alpha value is -2.10. The van der Waals surface area contributed by atoms with Gasteiger partial charge < -0.3 is 9.42 Å². The van der Waals surface area contributed by atoms with Crippen LogP contribution in [-0.4, -0.2) is 22.5 Å². The molecule has 4 nitrogen and oxygen atoms in total. The van der Waals surface area contributed by atoms with Crippen LogP contribution in [0.3, 0.4) is 0 Å². The molecule has 1 amide bonds. The molecule has 0 saturated carbocycles. The number of benzene rings is 1. The molecule has 0 unspecified atom stereocenters. The third kappa shape index (κ3) is 3.31. The van der Waals surface area contributed by atoms with E-state index in [0.717, 1.165) is 49.2 Å². The molecule has 1 aliphatic heterocycles. The van der Waals surface area contributed by atoms with Gasteiger partial charge in [0.1, 0.15) is 5.76 Å². The first kappa shape index (κ1) is 15.8. The molecule has 122 valence electrons. The Kier molecular flexibility index (Phi) is 4.79. The van der Waals surface area contributed by atoms with Crippen molar-refractivity contribution in [3.05, 3.63) is 52.9 Å². The molecule has 1 saturated heterocycles. The summed E-state index contributed by atoms with van der Waals surface area (Å²) in [5.74, 6) is 1.16. The van der Waals surface area contributed by atoms with Crippen molar-refractivity contribution < 1.29 is 9.32 Å². The van der Waals surface area contributed by atoms with Crippen molar-refractivity contribution in [2.45, 2.75) is 52.0 Å². The molecule has 0 spiro atoms. The monoisotopic (exact) mass is 312 g/mol. The Labute approximate surface area is 137 Å². The largest absolute Gasteiger partial charge is 0.361 e. The van der Waals surface area contributed by atoms with Crippen molar-refractivity contribution in [2.75, 3.05) is 6.54 Å². The van der Waals surface area contributed by atoms with E-state index in [9.17, 15) is 4.79 Å². The second-order valence-corrected chi connectivity index (χ2v) is 6.19. The van der Waals surface area contributed by atoms with E-state index in [4.69, 9.17) is 4.52 Å². The molecule has 1 aliphatic rings. The molecule has 2 aromatic rings. The third-order valence-electron chi connectivity index (χ3n) is 4.68. The molecule has 0 bridgehead atoms. The first-order valence-electron chi connectivity index (χ1n) is 8.49. The molecule has 1 atom stereocenters. The zero-order valence-electron chi connectivity index (χ0n) is 13.9. The average molecular weight is 312 g/mol. The molecule has 23 heavy (non-hydrogen) atoms. The van der Waals surface area contributed by atoms with E-state index in [1.165, 1.54) is 5.56 Å². The molecule has 4 heteroatoms. The number of aryl methyl sites for hydroxylation is 3. The lowest BCUT2D eigenvalue weighted by Gasteiger charge is -2.25. The van der Waals surface area contributed by atoms with Crippen molar-refractivity contribution in [3.8, 4) is 0 Å². The highest BCUT2D eigenvalue weighted by atomic mass is 16.5. The van der Waals surface area contributed by atoms with Crippen LogP contribution in [0.15, 0.2) is 34.9 Å². The van der Waals surface area contributed by atoms with Gasteiger partial charge in [-0.2, -0.15) is 0 Å². The van der Waals surface area contributed by atoms with Gasteiger partial charge >= 0.3 is 0 Å². The predicted octanol–water partition coefficient (Wildman–Crippen LogP) is 3.84. The molecular formula is C19H24N2O2. The summed E-state index contributed by atoms with van der Waals surface area (Å²) in [6.07, 6.45) is 4.23. The number of carbonyl (C=O) groups is 1. The maximum Gasteiger partial charge on any atom is 0.223 e. The minimum Gasteiger partial charge on any atom is -0.361 e. The predicted molar refractivity (Wildman–Crippen MR) is 89.1 cm³/mol. The van der Waals surface area contributed by atoms with Crippen LogP contribution in [0.5, 0.6) is 0 Å². The van der Waals surface area contributed by atoms with Crippen LogP contribution < -0.4 is 0 Å². The fraction of sp³-hybridized carbons (Fsp3) is 0.474. The maximum absolute atomic E-state index is 12.7. The smallest absolute Gasteiger partial charge is 0.223 e. The summed E-state index contributed by atoms with van der Waals surface area (Å²) >= 11 is 0. The summed E-state index contributed by atoms with van der Waals surface area (Å²) in [5.41, 5.74) is 3.28. The Balaban J connectivity index is 1.71. The van der Waals surface area contributed by atoms with Gasteiger partial charge in [-0.15, -0.1) is 0 Å². The van der Waals surface area contributed by atoms with Crippen LogP contribution in [0, 0.1) is 6.92 Å². The molecule has 0 N–H and O–H groups in total. The fourth-order valence-corrected chi connectivity index (χ4v) is 3.51. The van der Waals surface area contributed by atoms with Gasteiger partial charge in [0.2, 0.25) is 5.91 Å². The SMILES string of the molecule is CCc1onc(C)c1[C@H]1CCCN1C(=O)CCc1ccccc1. The number of nitrogens with zero attached hydrogens (tertiary/aromatic N) is 2. The lowest BCUT2D eigenvalue weighted by atomic mass is 10.0. The molecule has 1 aromatic carbocycles. The lowest BCUT2D eigenvalue weighted by Crippen LogP contribution is -2.31. The van der Waals surface area contributed by atoms with Crippen LogP contribution >= 0.6 is 0 Å². The highest BCUT2D eigenvalue weighted by Crippen LogP contribution is 2.36. The van der Waals surface area contributed by atoms with Gasteiger partial charge in [-0.1, -0.05) is 42.4 Å². The summed E-state index contributed by atoms with van der Waals surface area (Å²) < 4.78 is 5.43. The number of hydrogen-bond donors (Lipinski definition) is 0. The van der Waals surface area contributed by atoms with Gasteiger partial charge in [0.05, 0.1) is 11.7 Å². The fourth-order valence-electron chi connectivity index (χ4n) is 3.51. The molecule has 0 radical (unpaired) electrons. The Bertz CT molecular complexity index is 663. The Morgan fingerprint density at radius 2 is 2.13 bits per heavy atom. The maximum atomic E-state index is 12.7. The average Bonchev–Trinajstić information content (AvgIpc) is 3.19. The van der Waals surface area contributed by atoms with Crippen molar-refractivity contribution >= 4 is 5.91 Å². The zero-order valence-corrected chi connectivity index (χ0v) is 13.9. The molecule has 1 aromatic heterocycles. The van der Waals surface area contributed by atoms with Gasteiger partial charge in [-0.3, -0.25) is 4.79 Å². The van der Waals surface area contributed by atoms with E-state index in [0.29, 0.717) is 6.42 Å². The van der Waals surface area contributed by atoms with E-state index < -0.39 is 0 Å². The quantitative estimate of drug-likeness (QED) is 0.842. The molecular weight excluding hydrogens is 288 g/mol. The zero-order chi connectivity index (χ0) is 16.2. The Morgan fingerprint density at radius 3 is 2.87 bits per heavy atom. The number of amides is 1. The van der Waals surface area contributed by atoms with Gasteiger partial charge in [-0.05, 0) is 31.7 Å². The van der Waals surface area contributed by atoms with E-state index in [-0.39, 0.29) is 11.9 Å². The summed E-state index contributed by atoms with van der Waals surface area (Å²) in [7, 11) is 0. The normalized spacial score (nSPS) is 17.7. The Morgan fingerprint density at radius 1 is 1.35 bits per heavy atom. The van der Waals surface area contributed by atoms with E-state index in [1.807, 2.05) is 30.0 Å². The third-order valence-corrected chi connectivity index (χ3v) is 4.68. The number of aromatic nitrogens is 1. The van der Waals surface area contributed by atoms with Crippen molar-refractivity contribution in [3.63, 3.8) is 0 Å². The molecule has 1 fully saturated rings. The number of rotatable bonds is 5. The van der Waals surface area contributed by atoms with Gasteiger partial charge in [0.25, 0.3) is 0 Å². The number of carbonyl (C=O) groups excluding carboxylic acids is 1. The number of likely N-dealkylation sites (tertiary alicyclic amines) is 1. The molecule has 3 rings (SSSR count). The minimum absolute atomic E-state index is 0.138. The lowest BCUT2D eigenvalue weighted by molar-refractivity contribution is -0.132.